The normalized spacial score (nSPS) is 16.7. The summed E-state index contributed by atoms with van der Waals surface area (Å²) in [6.45, 7) is 1.10. The van der Waals surface area contributed by atoms with E-state index in [0.717, 1.165) is 5.56 Å². The minimum absolute atomic E-state index is 0.155. The zero-order valence-corrected chi connectivity index (χ0v) is 16.7. The Balaban J connectivity index is 1.90. The number of sulfonamides is 1. The number of halogens is 3. The first-order valence-electron chi connectivity index (χ1n) is 8.80. The molecule has 0 spiro atoms. The molecule has 0 radical (unpaired) electrons. The van der Waals surface area contributed by atoms with Crippen molar-refractivity contribution in [3.63, 3.8) is 0 Å². The predicted molar refractivity (Wildman–Crippen MR) is 102 cm³/mol. The van der Waals surface area contributed by atoms with Crippen LogP contribution in [0.15, 0.2) is 47.4 Å². The molecule has 1 aliphatic rings. The van der Waals surface area contributed by atoms with Gasteiger partial charge in [0, 0.05) is 0 Å². The molecule has 30 heavy (non-hydrogen) atoms. The number of methoxy groups -OCH3 is 1. The Morgan fingerprint density at radius 3 is 2.43 bits per heavy atom. The summed E-state index contributed by atoms with van der Waals surface area (Å²) in [6.07, 6.45) is -4.81. The molecule has 0 saturated carbocycles. The van der Waals surface area contributed by atoms with Crippen LogP contribution in [0.3, 0.4) is 0 Å². The Morgan fingerprint density at radius 1 is 1.17 bits per heavy atom. The minimum Gasteiger partial charge on any atom is -0.465 e. The van der Waals surface area contributed by atoms with Gasteiger partial charge in [-0.3, -0.25) is 0 Å². The number of aryl methyl sites for hydroxylation is 1. The number of nitrogens with zero attached hydrogens (tertiary/aromatic N) is 3. The van der Waals surface area contributed by atoms with Gasteiger partial charge in [-0.1, -0.05) is 17.7 Å². The number of hydrogen-bond donors (Lipinski definition) is 0. The van der Waals surface area contributed by atoms with Crippen molar-refractivity contribution < 1.29 is 31.1 Å². The third kappa shape index (κ3) is 3.09. The van der Waals surface area contributed by atoms with Crippen molar-refractivity contribution in [1.82, 2.24) is 9.55 Å². The van der Waals surface area contributed by atoms with Crippen LogP contribution in [-0.4, -0.2) is 43.3 Å². The molecule has 0 fully saturated rings. The molecule has 0 bridgehead atoms. The van der Waals surface area contributed by atoms with E-state index in [0.29, 0.717) is 4.31 Å². The van der Waals surface area contributed by atoms with E-state index in [9.17, 15) is 26.4 Å². The van der Waals surface area contributed by atoms with Crippen LogP contribution in [-0.2, 0) is 21.3 Å². The maximum Gasteiger partial charge on any atom is 0.411 e. The summed E-state index contributed by atoms with van der Waals surface area (Å²) in [5.74, 6) is -0.989. The van der Waals surface area contributed by atoms with Gasteiger partial charge >= 0.3 is 12.1 Å². The van der Waals surface area contributed by atoms with E-state index < -0.39 is 34.8 Å². The number of ether oxygens (including phenoxy) is 1. The van der Waals surface area contributed by atoms with Crippen LogP contribution >= 0.6 is 0 Å². The molecule has 0 aliphatic carbocycles. The second-order valence-electron chi connectivity index (χ2n) is 6.89. The van der Waals surface area contributed by atoms with E-state index in [4.69, 9.17) is 0 Å². The Bertz CT molecular complexity index is 1250. The van der Waals surface area contributed by atoms with E-state index in [1.54, 1.807) is 6.92 Å². The third-order valence-corrected chi connectivity index (χ3v) is 6.74. The molecular weight excluding hydrogens is 423 g/mol. The lowest BCUT2D eigenvalue weighted by Gasteiger charge is -2.26. The molecule has 4 rings (SSSR count). The van der Waals surface area contributed by atoms with E-state index in [-0.39, 0.29) is 27.4 Å². The van der Waals surface area contributed by atoms with Gasteiger partial charge in [0.25, 0.3) is 10.0 Å². The molecule has 1 aromatic heterocycles. The van der Waals surface area contributed by atoms with Gasteiger partial charge in [0.1, 0.15) is 0 Å². The highest BCUT2D eigenvalue weighted by atomic mass is 32.2. The lowest BCUT2D eigenvalue weighted by molar-refractivity contribution is -0.145. The monoisotopic (exact) mass is 439 g/mol. The van der Waals surface area contributed by atoms with Crippen LogP contribution in [0.25, 0.3) is 11.0 Å². The summed E-state index contributed by atoms with van der Waals surface area (Å²) in [5.41, 5.74) is 1.40. The lowest BCUT2D eigenvalue weighted by Crippen LogP contribution is -2.47. The fraction of sp³-hybridized carbons (Fsp3) is 0.263. The average molecular weight is 439 g/mol. The number of aromatic nitrogens is 2. The largest absolute Gasteiger partial charge is 0.465 e. The summed E-state index contributed by atoms with van der Waals surface area (Å²) in [7, 11) is -3.34. The maximum atomic E-state index is 13.8. The Morgan fingerprint density at radius 2 is 1.83 bits per heavy atom. The summed E-state index contributed by atoms with van der Waals surface area (Å²) >= 11 is 0. The molecule has 1 unspecified atom stereocenters. The molecule has 7 nitrogen and oxygen atoms in total. The highest BCUT2D eigenvalue weighted by Gasteiger charge is 2.54. The number of benzene rings is 2. The van der Waals surface area contributed by atoms with Gasteiger partial charge in [0.2, 0.25) is 5.95 Å². The smallest absolute Gasteiger partial charge is 0.411 e. The first kappa shape index (κ1) is 20.2. The van der Waals surface area contributed by atoms with Crippen molar-refractivity contribution in [2.45, 2.75) is 30.6 Å². The quantitative estimate of drug-likeness (QED) is 0.585. The Labute approximate surface area is 169 Å². The van der Waals surface area contributed by atoms with Crippen molar-refractivity contribution in [2.24, 2.45) is 0 Å². The van der Waals surface area contributed by atoms with Gasteiger partial charge in [-0.2, -0.15) is 13.2 Å². The Hall–Kier alpha value is -3.08. The number of alkyl halides is 3. The van der Waals surface area contributed by atoms with E-state index in [1.807, 2.05) is 0 Å². The average Bonchev–Trinajstić information content (AvgIpc) is 3.23. The number of anilines is 1. The summed E-state index contributed by atoms with van der Waals surface area (Å²) in [4.78, 5) is 15.6. The highest BCUT2D eigenvalue weighted by molar-refractivity contribution is 7.92. The van der Waals surface area contributed by atoms with Crippen molar-refractivity contribution in [2.75, 3.05) is 11.4 Å². The van der Waals surface area contributed by atoms with Gasteiger partial charge in [0.15, 0.2) is 6.04 Å². The predicted octanol–water partition coefficient (Wildman–Crippen LogP) is 3.27. The van der Waals surface area contributed by atoms with Crippen LogP contribution < -0.4 is 4.31 Å². The van der Waals surface area contributed by atoms with E-state index in [2.05, 4.69) is 9.72 Å². The maximum absolute atomic E-state index is 13.8. The minimum atomic E-state index is -4.81. The number of imidazole rings is 1. The van der Waals surface area contributed by atoms with Crippen molar-refractivity contribution in [3.05, 3.63) is 53.6 Å². The molecule has 1 atom stereocenters. The number of hydrogen-bond acceptors (Lipinski definition) is 5. The summed E-state index contributed by atoms with van der Waals surface area (Å²) < 4.78 is 73.8. The SMILES string of the molecule is COC(=O)c1ccc2c(c1)nc1n2CC(C(F)(F)F)N1S(=O)(=O)c1ccc(C)cc1. The molecule has 0 N–H and O–H groups in total. The number of esters is 1. The molecular formula is C19H16F3N3O4S. The van der Waals surface area contributed by atoms with Crippen LogP contribution in [0.2, 0.25) is 0 Å². The molecule has 3 aromatic rings. The molecule has 2 heterocycles. The number of rotatable bonds is 3. The second-order valence-corrected chi connectivity index (χ2v) is 8.70. The first-order valence-corrected chi connectivity index (χ1v) is 10.2. The first-order chi connectivity index (χ1) is 14.0. The highest BCUT2D eigenvalue weighted by Crippen LogP contribution is 2.41. The van der Waals surface area contributed by atoms with E-state index >= 15 is 0 Å². The second kappa shape index (κ2) is 6.73. The van der Waals surface area contributed by atoms with Gasteiger partial charge in [0.05, 0.1) is 35.1 Å². The van der Waals surface area contributed by atoms with E-state index in [1.165, 1.54) is 54.1 Å². The molecule has 158 valence electrons. The van der Waals surface area contributed by atoms with Gasteiger partial charge in [-0.25, -0.2) is 22.5 Å². The van der Waals surface area contributed by atoms with Crippen molar-refractivity contribution in [1.29, 1.82) is 0 Å². The molecule has 0 amide bonds. The number of fused-ring (bicyclic) bond motifs is 3. The number of carbonyl (C=O) groups is 1. The molecule has 0 saturated heterocycles. The van der Waals surface area contributed by atoms with Crippen LogP contribution in [0, 0.1) is 6.92 Å². The topological polar surface area (TPSA) is 81.5 Å². The van der Waals surface area contributed by atoms with Crippen LogP contribution in [0.4, 0.5) is 19.1 Å². The number of carbonyl (C=O) groups excluding carboxylic acids is 1. The standard InChI is InChI=1S/C19H16F3N3O4S/c1-11-3-6-13(7-4-11)30(27,28)25-16(19(20,21)22)10-24-15-8-5-12(17(26)29-2)9-14(15)23-18(24)25/h3-9,16H,10H2,1-2H3. The molecule has 1 aliphatic heterocycles. The summed E-state index contributed by atoms with van der Waals surface area (Å²) in [6, 6.07) is 7.42. The van der Waals surface area contributed by atoms with Gasteiger partial charge in [-0.15, -0.1) is 0 Å². The van der Waals surface area contributed by atoms with Gasteiger partial charge < -0.3 is 9.30 Å². The molecule has 11 heteroatoms. The fourth-order valence-corrected chi connectivity index (χ4v) is 5.01. The zero-order chi connectivity index (χ0) is 21.8. The zero-order valence-electron chi connectivity index (χ0n) is 15.8. The van der Waals surface area contributed by atoms with Crippen LogP contribution in [0.5, 0.6) is 0 Å². The van der Waals surface area contributed by atoms with Gasteiger partial charge in [-0.05, 0) is 37.3 Å². The molecule has 2 aromatic carbocycles. The van der Waals surface area contributed by atoms with Crippen LogP contribution in [0.1, 0.15) is 15.9 Å². The van der Waals surface area contributed by atoms with Crippen molar-refractivity contribution >= 4 is 33.0 Å². The lowest BCUT2D eigenvalue weighted by atomic mass is 10.2. The Kier molecular flexibility index (Phi) is 4.53. The van der Waals surface area contributed by atoms with Crippen molar-refractivity contribution in [3.8, 4) is 0 Å². The summed E-state index contributed by atoms with van der Waals surface area (Å²) in [5, 5.41) is 0. The third-order valence-electron chi connectivity index (χ3n) is 4.94. The fourth-order valence-electron chi connectivity index (χ4n) is 3.43.